The highest BCUT2D eigenvalue weighted by molar-refractivity contribution is 5.95. The van der Waals surface area contributed by atoms with Crippen molar-refractivity contribution >= 4 is 11.6 Å². The summed E-state index contributed by atoms with van der Waals surface area (Å²) in [5.74, 6) is -0.0651. The average Bonchev–Trinajstić information content (AvgIpc) is 2.10. The fourth-order valence-electron chi connectivity index (χ4n) is 2.69. The first kappa shape index (κ1) is 15.5. The van der Waals surface area contributed by atoms with Crippen LogP contribution < -0.4 is 11.1 Å². The quantitative estimate of drug-likeness (QED) is 0.819. The fraction of sp³-hybridized carbons (Fsp3) is 0.562. The van der Waals surface area contributed by atoms with Crippen molar-refractivity contribution in [1.29, 1.82) is 0 Å². The van der Waals surface area contributed by atoms with E-state index in [9.17, 15) is 4.79 Å². The number of aryl methyl sites for hydroxylation is 1. The Bertz CT molecular complexity index is 450. The Hall–Kier alpha value is -1.51. The molecule has 106 valence electrons. The molecule has 0 atom stereocenters. The van der Waals surface area contributed by atoms with Crippen LogP contribution in [0.1, 0.15) is 57.0 Å². The van der Waals surface area contributed by atoms with E-state index in [4.69, 9.17) is 5.73 Å². The number of nitrogens with one attached hydrogen (secondary N) is 1. The topological polar surface area (TPSA) is 55.1 Å². The summed E-state index contributed by atoms with van der Waals surface area (Å²) < 4.78 is 0. The van der Waals surface area contributed by atoms with Gasteiger partial charge < -0.3 is 11.1 Å². The summed E-state index contributed by atoms with van der Waals surface area (Å²) >= 11 is 0. The lowest BCUT2D eigenvalue weighted by atomic mass is 9.81. The molecular weight excluding hydrogens is 236 g/mol. The van der Waals surface area contributed by atoms with Crippen LogP contribution in [0.25, 0.3) is 0 Å². The predicted octanol–water partition coefficient (Wildman–Crippen LogP) is 3.52. The summed E-state index contributed by atoms with van der Waals surface area (Å²) in [6.07, 6.45) is 0.910. The molecule has 0 spiro atoms. The van der Waals surface area contributed by atoms with Crippen LogP contribution in [0.4, 0.5) is 5.69 Å². The van der Waals surface area contributed by atoms with Crippen LogP contribution in [0.2, 0.25) is 0 Å². The van der Waals surface area contributed by atoms with Crippen molar-refractivity contribution in [3.05, 3.63) is 29.3 Å². The van der Waals surface area contributed by atoms with E-state index in [0.717, 1.165) is 12.0 Å². The average molecular weight is 262 g/mol. The third-order valence-electron chi connectivity index (χ3n) is 2.79. The molecular formula is C16H26N2O. The summed E-state index contributed by atoms with van der Waals surface area (Å²) in [4.78, 5) is 12.3. The zero-order chi connectivity index (χ0) is 14.8. The molecule has 3 nitrogen and oxygen atoms in total. The molecule has 1 rings (SSSR count). The van der Waals surface area contributed by atoms with Crippen molar-refractivity contribution in [3.63, 3.8) is 0 Å². The molecule has 3 N–H and O–H groups in total. The Morgan fingerprint density at radius 1 is 1.16 bits per heavy atom. The smallest absolute Gasteiger partial charge is 0.251 e. The van der Waals surface area contributed by atoms with E-state index in [-0.39, 0.29) is 16.9 Å². The van der Waals surface area contributed by atoms with Crippen LogP contribution in [-0.4, -0.2) is 11.4 Å². The van der Waals surface area contributed by atoms with Crippen LogP contribution in [0.3, 0.4) is 0 Å². The van der Waals surface area contributed by atoms with Gasteiger partial charge in [0.25, 0.3) is 5.91 Å². The number of hydrogen-bond acceptors (Lipinski definition) is 2. The fourth-order valence-corrected chi connectivity index (χ4v) is 2.69. The minimum atomic E-state index is -0.242. The highest BCUT2D eigenvalue weighted by atomic mass is 16.1. The van der Waals surface area contributed by atoms with Gasteiger partial charge in [-0.15, -0.1) is 0 Å². The molecule has 0 fully saturated rings. The zero-order valence-corrected chi connectivity index (χ0v) is 12.9. The van der Waals surface area contributed by atoms with Crippen LogP contribution in [0.5, 0.6) is 0 Å². The molecule has 0 aliphatic carbocycles. The predicted molar refractivity (Wildman–Crippen MR) is 81.2 cm³/mol. The Kier molecular flexibility index (Phi) is 4.28. The number of anilines is 1. The Labute approximate surface area is 116 Å². The van der Waals surface area contributed by atoms with E-state index >= 15 is 0 Å². The Morgan fingerprint density at radius 3 is 2.21 bits per heavy atom. The maximum Gasteiger partial charge on any atom is 0.251 e. The number of nitrogens with two attached hydrogens (primary N) is 1. The lowest BCUT2D eigenvalue weighted by Gasteiger charge is -2.33. The standard InChI is InChI=1S/C16H26N2O/c1-11-7-12(9-13(17)8-11)14(19)18-16(5,6)10-15(2,3)4/h7-9H,10,17H2,1-6H3,(H,18,19). The molecule has 1 aromatic rings. The molecule has 3 heteroatoms. The number of carbonyl (C=O) groups excluding carboxylic acids is 1. The van der Waals surface area contributed by atoms with Gasteiger partial charge in [-0.3, -0.25) is 4.79 Å². The first-order valence-corrected chi connectivity index (χ1v) is 6.68. The third-order valence-corrected chi connectivity index (χ3v) is 2.79. The van der Waals surface area contributed by atoms with E-state index in [0.29, 0.717) is 11.3 Å². The van der Waals surface area contributed by atoms with Gasteiger partial charge in [0.2, 0.25) is 0 Å². The van der Waals surface area contributed by atoms with Crippen molar-refractivity contribution in [2.45, 2.75) is 53.5 Å². The van der Waals surface area contributed by atoms with Gasteiger partial charge in [0.15, 0.2) is 0 Å². The minimum Gasteiger partial charge on any atom is -0.399 e. The van der Waals surface area contributed by atoms with Crippen molar-refractivity contribution in [1.82, 2.24) is 5.32 Å². The maximum atomic E-state index is 12.3. The number of benzene rings is 1. The second-order valence-corrected chi connectivity index (χ2v) is 7.21. The maximum absolute atomic E-state index is 12.3. The van der Waals surface area contributed by atoms with Gasteiger partial charge in [0.05, 0.1) is 0 Å². The van der Waals surface area contributed by atoms with Gasteiger partial charge in [-0.1, -0.05) is 20.8 Å². The van der Waals surface area contributed by atoms with Gasteiger partial charge >= 0.3 is 0 Å². The van der Waals surface area contributed by atoms with Crippen LogP contribution >= 0.6 is 0 Å². The number of amides is 1. The van der Waals surface area contributed by atoms with Crippen LogP contribution in [0, 0.1) is 12.3 Å². The highest BCUT2D eigenvalue weighted by Gasteiger charge is 2.27. The van der Waals surface area contributed by atoms with Gasteiger partial charge in [-0.05, 0) is 56.4 Å². The normalized spacial score (nSPS) is 12.3. The Balaban J connectivity index is 2.84. The highest BCUT2D eigenvalue weighted by Crippen LogP contribution is 2.27. The number of nitrogen functional groups attached to an aromatic ring is 1. The molecule has 1 aromatic carbocycles. The summed E-state index contributed by atoms with van der Waals surface area (Å²) in [7, 11) is 0. The van der Waals surface area contributed by atoms with E-state index < -0.39 is 0 Å². The van der Waals surface area contributed by atoms with Gasteiger partial charge in [0, 0.05) is 16.8 Å². The van der Waals surface area contributed by atoms with Crippen molar-refractivity contribution in [3.8, 4) is 0 Å². The molecule has 0 bridgehead atoms. The lowest BCUT2D eigenvalue weighted by molar-refractivity contribution is 0.0891. The first-order chi connectivity index (χ1) is 8.48. The molecule has 0 heterocycles. The number of carbonyl (C=O) groups is 1. The van der Waals surface area contributed by atoms with Gasteiger partial charge in [-0.25, -0.2) is 0 Å². The van der Waals surface area contributed by atoms with Crippen LogP contribution in [0.15, 0.2) is 18.2 Å². The molecule has 0 aliphatic heterocycles. The molecule has 0 saturated heterocycles. The van der Waals surface area contributed by atoms with Gasteiger partial charge in [0.1, 0.15) is 0 Å². The SMILES string of the molecule is Cc1cc(N)cc(C(=O)NC(C)(C)CC(C)(C)C)c1. The van der Waals surface area contributed by atoms with Crippen LogP contribution in [-0.2, 0) is 0 Å². The monoisotopic (exact) mass is 262 g/mol. The van der Waals surface area contributed by atoms with Crippen molar-refractivity contribution < 1.29 is 4.79 Å². The van der Waals surface area contributed by atoms with E-state index in [1.807, 2.05) is 19.1 Å². The van der Waals surface area contributed by atoms with E-state index in [2.05, 4.69) is 39.9 Å². The van der Waals surface area contributed by atoms with Crippen molar-refractivity contribution in [2.75, 3.05) is 5.73 Å². The number of rotatable bonds is 3. The minimum absolute atomic E-state index is 0.0651. The molecule has 0 aromatic heterocycles. The summed E-state index contributed by atoms with van der Waals surface area (Å²) in [5.41, 5.74) is 7.96. The lowest BCUT2D eigenvalue weighted by Crippen LogP contribution is -2.45. The van der Waals surface area contributed by atoms with Crippen molar-refractivity contribution in [2.24, 2.45) is 5.41 Å². The van der Waals surface area contributed by atoms with E-state index in [1.54, 1.807) is 6.07 Å². The molecule has 0 saturated carbocycles. The zero-order valence-electron chi connectivity index (χ0n) is 12.9. The molecule has 0 aliphatic rings. The number of hydrogen-bond donors (Lipinski definition) is 2. The third kappa shape index (κ3) is 5.33. The first-order valence-electron chi connectivity index (χ1n) is 6.68. The second kappa shape index (κ2) is 5.24. The molecule has 19 heavy (non-hydrogen) atoms. The molecule has 1 amide bonds. The summed E-state index contributed by atoms with van der Waals surface area (Å²) in [6, 6.07) is 5.44. The van der Waals surface area contributed by atoms with Gasteiger partial charge in [-0.2, -0.15) is 0 Å². The van der Waals surface area contributed by atoms with E-state index in [1.165, 1.54) is 0 Å². The summed E-state index contributed by atoms with van der Waals surface area (Å²) in [6.45, 7) is 12.6. The Morgan fingerprint density at radius 2 is 1.74 bits per heavy atom. The second-order valence-electron chi connectivity index (χ2n) is 7.21. The largest absolute Gasteiger partial charge is 0.399 e. The molecule has 0 radical (unpaired) electrons. The molecule has 0 unspecified atom stereocenters. The summed E-state index contributed by atoms with van der Waals surface area (Å²) in [5, 5.41) is 3.09.